The molecule has 2 atom stereocenters. The van der Waals surface area contributed by atoms with Crippen molar-refractivity contribution in [3.05, 3.63) is 53.9 Å². The smallest absolute Gasteiger partial charge is 0.225 e. The Hall–Kier alpha value is -2.14. The second-order valence-corrected chi connectivity index (χ2v) is 7.05. The molecule has 1 saturated carbocycles. The fourth-order valence-corrected chi connectivity index (χ4v) is 3.46. The summed E-state index contributed by atoms with van der Waals surface area (Å²) in [6.07, 6.45) is 7.79. The topological polar surface area (TPSA) is 72.9 Å². The van der Waals surface area contributed by atoms with Gasteiger partial charge in [0.25, 0.3) is 0 Å². The summed E-state index contributed by atoms with van der Waals surface area (Å²) in [5, 5.41) is 7.40. The summed E-state index contributed by atoms with van der Waals surface area (Å²) in [7, 11) is 0. The highest BCUT2D eigenvalue weighted by Gasteiger charge is 2.37. The molecule has 1 heterocycles. The number of aromatic nitrogens is 2. The van der Waals surface area contributed by atoms with Gasteiger partial charge in [-0.05, 0) is 25.3 Å². The van der Waals surface area contributed by atoms with Crippen molar-refractivity contribution in [1.82, 2.24) is 15.1 Å². The second kappa shape index (κ2) is 7.18. The third-order valence-corrected chi connectivity index (χ3v) is 4.91. The number of nitrogens with one attached hydrogen (secondary N) is 1. The van der Waals surface area contributed by atoms with Crippen molar-refractivity contribution in [3.8, 4) is 0 Å². The quantitative estimate of drug-likeness (QED) is 0.886. The van der Waals surface area contributed by atoms with E-state index in [0.29, 0.717) is 6.54 Å². The number of carbonyl (C=O) groups excluding carboxylic acids is 1. The molecule has 1 aromatic heterocycles. The molecule has 5 nitrogen and oxygen atoms in total. The Morgan fingerprint density at radius 1 is 1.33 bits per heavy atom. The summed E-state index contributed by atoms with van der Waals surface area (Å²) < 4.78 is 1.89. The van der Waals surface area contributed by atoms with Gasteiger partial charge in [0.2, 0.25) is 5.91 Å². The first kappa shape index (κ1) is 16.7. The van der Waals surface area contributed by atoms with E-state index in [1.54, 1.807) is 0 Å². The molecule has 2 unspecified atom stereocenters. The highest BCUT2D eigenvalue weighted by molar-refractivity contribution is 5.80. The number of nitrogens with zero attached hydrogens (tertiary/aromatic N) is 2. The average Bonchev–Trinajstić information content (AvgIpc) is 3.00. The van der Waals surface area contributed by atoms with Crippen LogP contribution in [0, 0.1) is 5.92 Å². The van der Waals surface area contributed by atoms with E-state index in [1.807, 2.05) is 42.2 Å². The maximum Gasteiger partial charge on any atom is 0.225 e. The Morgan fingerprint density at radius 2 is 2.12 bits per heavy atom. The SMILES string of the molecule is CC1(N)CCCCC1C(=O)NCc1cnn(Cc2ccccc2)c1. The maximum absolute atomic E-state index is 12.5. The van der Waals surface area contributed by atoms with Crippen molar-refractivity contribution in [2.45, 2.75) is 51.2 Å². The van der Waals surface area contributed by atoms with Crippen molar-refractivity contribution in [1.29, 1.82) is 0 Å². The molecule has 3 N–H and O–H groups in total. The molecule has 1 aliphatic rings. The molecule has 2 aromatic rings. The van der Waals surface area contributed by atoms with E-state index in [1.165, 1.54) is 5.56 Å². The molecule has 1 aliphatic carbocycles. The van der Waals surface area contributed by atoms with Gasteiger partial charge in [0, 0.05) is 23.8 Å². The summed E-state index contributed by atoms with van der Waals surface area (Å²) >= 11 is 0. The third-order valence-electron chi connectivity index (χ3n) is 4.91. The maximum atomic E-state index is 12.5. The molecule has 0 aliphatic heterocycles. The van der Waals surface area contributed by atoms with Crippen molar-refractivity contribution in [3.63, 3.8) is 0 Å². The summed E-state index contributed by atoms with van der Waals surface area (Å²) in [5.41, 5.74) is 8.13. The number of hydrogen-bond acceptors (Lipinski definition) is 3. The molecule has 24 heavy (non-hydrogen) atoms. The Bertz CT molecular complexity index is 678. The average molecular weight is 326 g/mol. The predicted molar refractivity (Wildman–Crippen MR) is 94.2 cm³/mol. The zero-order chi connectivity index (χ0) is 17.0. The van der Waals surface area contributed by atoms with Gasteiger partial charge in [-0.15, -0.1) is 0 Å². The first-order valence-corrected chi connectivity index (χ1v) is 8.66. The van der Waals surface area contributed by atoms with Gasteiger partial charge >= 0.3 is 0 Å². The molecule has 128 valence electrons. The highest BCUT2D eigenvalue weighted by atomic mass is 16.1. The standard InChI is InChI=1S/C19H26N4O/c1-19(20)10-6-5-9-17(19)18(24)21-11-16-12-22-23(14-16)13-15-7-3-2-4-8-15/h2-4,7-8,12,14,17H,5-6,9-11,13,20H2,1H3,(H,21,24). The van der Waals surface area contributed by atoms with Gasteiger partial charge in [-0.3, -0.25) is 9.48 Å². The summed E-state index contributed by atoms with van der Waals surface area (Å²) in [5.74, 6) is -0.0267. The van der Waals surface area contributed by atoms with Crippen molar-refractivity contribution in [2.24, 2.45) is 11.7 Å². The minimum atomic E-state index is -0.389. The second-order valence-electron chi connectivity index (χ2n) is 7.05. The largest absolute Gasteiger partial charge is 0.352 e. The van der Waals surface area contributed by atoms with Crippen LogP contribution in [0.1, 0.15) is 43.7 Å². The van der Waals surface area contributed by atoms with Crippen LogP contribution in [0.4, 0.5) is 0 Å². The molecule has 1 fully saturated rings. The fourth-order valence-electron chi connectivity index (χ4n) is 3.46. The monoisotopic (exact) mass is 326 g/mol. The lowest BCUT2D eigenvalue weighted by atomic mass is 9.74. The van der Waals surface area contributed by atoms with Gasteiger partial charge in [0.1, 0.15) is 0 Å². The third kappa shape index (κ3) is 4.03. The highest BCUT2D eigenvalue weighted by Crippen LogP contribution is 2.31. The van der Waals surface area contributed by atoms with Crippen molar-refractivity contribution < 1.29 is 4.79 Å². The van der Waals surface area contributed by atoms with E-state index in [-0.39, 0.29) is 17.4 Å². The first-order valence-electron chi connectivity index (χ1n) is 8.66. The summed E-state index contributed by atoms with van der Waals surface area (Å²) in [6.45, 7) is 3.23. The minimum Gasteiger partial charge on any atom is -0.352 e. The first-order chi connectivity index (χ1) is 11.5. The Kier molecular flexibility index (Phi) is 5.00. The van der Waals surface area contributed by atoms with Crippen molar-refractivity contribution >= 4 is 5.91 Å². The van der Waals surface area contributed by atoms with E-state index in [0.717, 1.165) is 37.8 Å². The fraction of sp³-hybridized carbons (Fsp3) is 0.474. The summed E-state index contributed by atoms with van der Waals surface area (Å²) in [4.78, 5) is 12.5. The summed E-state index contributed by atoms with van der Waals surface area (Å²) in [6, 6.07) is 10.2. The minimum absolute atomic E-state index is 0.0653. The van der Waals surface area contributed by atoms with Gasteiger partial charge in [0.05, 0.1) is 18.7 Å². The number of rotatable bonds is 5. The zero-order valence-corrected chi connectivity index (χ0v) is 14.2. The molecular weight excluding hydrogens is 300 g/mol. The lowest BCUT2D eigenvalue weighted by Gasteiger charge is -2.37. The van der Waals surface area contributed by atoms with Crippen molar-refractivity contribution in [2.75, 3.05) is 0 Å². The van der Waals surface area contributed by atoms with Gasteiger partial charge in [0.15, 0.2) is 0 Å². The van der Waals surface area contributed by atoms with Crippen LogP contribution < -0.4 is 11.1 Å². The Morgan fingerprint density at radius 3 is 2.88 bits per heavy atom. The van der Waals surface area contributed by atoms with Crippen LogP contribution in [0.15, 0.2) is 42.7 Å². The molecule has 1 amide bonds. The molecule has 3 rings (SSSR count). The van der Waals surface area contributed by atoms with Crippen LogP contribution in [0.25, 0.3) is 0 Å². The van der Waals surface area contributed by atoms with Gasteiger partial charge < -0.3 is 11.1 Å². The molecule has 0 spiro atoms. The van der Waals surface area contributed by atoms with Crippen LogP contribution in [0.3, 0.4) is 0 Å². The van der Waals surface area contributed by atoms with E-state index < -0.39 is 0 Å². The Balaban J connectivity index is 1.54. The van der Waals surface area contributed by atoms with E-state index in [9.17, 15) is 4.79 Å². The van der Waals surface area contributed by atoms with E-state index in [4.69, 9.17) is 5.73 Å². The number of carbonyl (C=O) groups is 1. The number of benzene rings is 1. The normalized spacial score (nSPS) is 23.8. The van der Waals surface area contributed by atoms with Crippen LogP contribution in [0.2, 0.25) is 0 Å². The van der Waals surface area contributed by atoms with Crippen LogP contribution in [-0.2, 0) is 17.9 Å². The van der Waals surface area contributed by atoms with Crippen LogP contribution in [-0.4, -0.2) is 21.2 Å². The lowest BCUT2D eigenvalue weighted by Crippen LogP contribution is -2.52. The van der Waals surface area contributed by atoms with Gasteiger partial charge in [-0.1, -0.05) is 43.2 Å². The number of nitrogens with two attached hydrogens (primary N) is 1. The molecule has 5 heteroatoms. The van der Waals surface area contributed by atoms with Gasteiger partial charge in [-0.2, -0.15) is 5.10 Å². The molecule has 0 saturated heterocycles. The predicted octanol–water partition coefficient (Wildman–Crippen LogP) is 2.46. The zero-order valence-electron chi connectivity index (χ0n) is 14.2. The Labute approximate surface area is 143 Å². The molecule has 0 bridgehead atoms. The molecular formula is C19H26N4O. The van der Waals surface area contributed by atoms with E-state index in [2.05, 4.69) is 22.5 Å². The van der Waals surface area contributed by atoms with Crippen LogP contribution in [0.5, 0.6) is 0 Å². The lowest BCUT2D eigenvalue weighted by molar-refractivity contribution is -0.128. The molecule has 0 radical (unpaired) electrons. The number of amides is 1. The van der Waals surface area contributed by atoms with Crippen LogP contribution >= 0.6 is 0 Å². The number of hydrogen-bond donors (Lipinski definition) is 2. The van der Waals surface area contributed by atoms with E-state index >= 15 is 0 Å². The molecule has 1 aromatic carbocycles. The van der Waals surface area contributed by atoms with Gasteiger partial charge in [-0.25, -0.2) is 0 Å².